The average molecular weight is 306 g/mol. The minimum atomic E-state index is -0.356. The molecule has 0 amide bonds. The van der Waals surface area contributed by atoms with E-state index in [0.717, 1.165) is 5.56 Å². The molecule has 0 radical (unpaired) electrons. The molecule has 3 nitrogen and oxygen atoms in total. The molecule has 0 aliphatic carbocycles. The van der Waals surface area contributed by atoms with Gasteiger partial charge in [-0.1, -0.05) is 72.4 Å². The van der Waals surface area contributed by atoms with Crippen molar-refractivity contribution in [2.75, 3.05) is 0 Å². The largest absolute Gasteiger partial charge is 0.293 e. The van der Waals surface area contributed by atoms with E-state index in [9.17, 15) is 4.79 Å². The van der Waals surface area contributed by atoms with Crippen molar-refractivity contribution in [2.45, 2.75) is 10.4 Å². The summed E-state index contributed by atoms with van der Waals surface area (Å²) in [7, 11) is 0. The van der Waals surface area contributed by atoms with E-state index >= 15 is 0 Å². The zero-order valence-corrected chi connectivity index (χ0v) is 12.6. The third kappa shape index (κ3) is 3.40. The molecule has 4 heteroatoms. The number of carbonyl (C=O) groups is 1. The van der Waals surface area contributed by atoms with Gasteiger partial charge in [-0.25, -0.2) is 9.97 Å². The van der Waals surface area contributed by atoms with E-state index in [-0.39, 0.29) is 11.0 Å². The van der Waals surface area contributed by atoms with Crippen molar-refractivity contribution in [3.05, 3.63) is 90.3 Å². The van der Waals surface area contributed by atoms with Crippen LogP contribution in [0.1, 0.15) is 21.2 Å². The number of ketones is 1. The molecule has 0 saturated heterocycles. The molecule has 0 spiro atoms. The van der Waals surface area contributed by atoms with Crippen LogP contribution in [0.15, 0.2) is 84.3 Å². The van der Waals surface area contributed by atoms with E-state index in [1.807, 2.05) is 60.7 Å². The molecule has 3 aromatic rings. The van der Waals surface area contributed by atoms with Crippen LogP contribution in [0.25, 0.3) is 0 Å². The molecule has 1 atom stereocenters. The Balaban J connectivity index is 1.95. The Labute approximate surface area is 133 Å². The Morgan fingerprint density at radius 1 is 0.818 bits per heavy atom. The summed E-state index contributed by atoms with van der Waals surface area (Å²) in [5.41, 5.74) is 1.65. The molecule has 0 aliphatic rings. The molecular weight excluding hydrogens is 292 g/mol. The maximum atomic E-state index is 12.9. The molecule has 1 heterocycles. The van der Waals surface area contributed by atoms with Crippen LogP contribution in [-0.2, 0) is 0 Å². The van der Waals surface area contributed by atoms with Crippen LogP contribution in [0.3, 0.4) is 0 Å². The lowest BCUT2D eigenvalue weighted by Crippen LogP contribution is -2.10. The first kappa shape index (κ1) is 14.5. The Kier molecular flexibility index (Phi) is 4.61. The van der Waals surface area contributed by atoms with Gasteiger partial charge in [0.2, 0.25) is 0 Å². The number of hydrogen-bond acceptors (Lipinski definition) is 4. The number of hydrogen-bond donors (Lipinski definition) is 0. The van der Waals surface area contributed by atoms with Gasteiger partial charge in [-0.05, 0) is 11.6 Å². The second kappa shape index (κ2) is 7.00. The summed E-state index contributed by atoms with van der Waals surface area (Å²) >= 11 is 1.37. The van der Waals surface area contributed by atoms with Crippen molar-refractivity contribution < 1.29 is 4.79 Å². The van der Waals surface area contributed by atoms with Gasteiger partial charge in [0.1, 0.15) is 5.25 Å². The summed E-state index contributed by atoms with van der Waals surface area (Å²) < 4.78 is 0. The van der Waals surface area contributed by atoms with Gasteiger partial charge in [-0.15, -0.1) is 0 Å². The topological polar surface area (TPSA) is 42.9 Å². The molecule has 108 valence electrons. The molecule has 1 aromatic heterocycles. The van der Waals surface area contributed by atoms with Crippen LogP contribution >= 0.6 is 11.8 Å². The highest BCUT2D eigenvalue weighted by atomic mass is 32.2. The second-order valence-corrected chi connectivity index (χ2v) is 5.74. The van der Waals surface area contributed by atoms with Gasteiger partial charge in [0.15, 0.2) is 10.9 Å². The Bertz CT molecular complexity index is 733. The first-order valence-electron chi connectivity index (χ1n) is 6.92. The minimum Gasteiger partial charge on any atom is -0.293 e. The van der Waals surface area contributed by atoms with Gasteiger partial charge in [-0.3, -0.25) is 4.79 Å². The summed E-state index contributed by atoms with van der Waals surface area (Å²) in [6.07, 6.45) is 3.37. The van der Waals surface area contributed by atoms with Crippen molar-refractivity contribution in [2.24, 2.45) is 0 Å². The van der Waals surface area contributed by atoms with Crippen LogP contribution in [0.4, 0.5) is 0 Å². The van der Waals surface area contributed by atoms with Crippen molar-refractivity contribution in [1.29, 1.82) is 0 Å². The quantitative estimate of drug-likeness (QED) is 0.403. The highest BCUT2D eigenvalue weighted by molar-refractivity contribution is 8.00. The number of rotatable bonds is 5. The fourth-order valence-electron chi connectivity index (χ4n) is 2.11. The Hall–Kier alpha value is -2.46. The molecule has 0 saturated carbocycles. The van der Waals surface area contributed by atoms with Crippen LogP contribution in [-0.4, -0.2) is 15.8 Å². The van der Waals surface area contributed by atoms with Gasteiger partial charge in [0, 0.05) is 18.0 Å². The summed E-state index contributed by atoms with van der Waals surface area (Å²) in [6.45, 7) is 0. The Morgan fingerprint density at radius 2 is 1.41 bits per heavy atom. The van der Waals surface area contributed by atoms with E-state index in [0.29, 0.717) is 10.7 Å². The summed E-state index contributed by atoms with van der Waals surface area (Å²) in [5.74, 6) is 0.0595. The highest BCUT2D eigenvalue weighted by Gasteiger charge is 2.24. The number of nitrogens with zero attached hydrogens (tertiary/aromatic N) is 2. The molecule has 0 N–H and O–H groups in total. The van der Waals surface area contributed by atoms with Crippen LogP contribution in [0, 0.1) is 0 Å². The maximum absolute atomic E-state index is 12.9. The number of thioether (sulfide) groups is 1. The third-order valence-corrected chi connectivity index (χ3v) is 4.31. The SMILES string of the molecule is O=C(c1ccccc1)C(Sc1ncccn1)c1ccccc1. The highest BCUT2D eigenvalue weighted by Crippen LogP contribution is 2.35. The summed E-state index contributed by atoms with van der Waals surface area (Å²) in [5, 5.41) is 0.242. The molecule has 0 bridgehead atoms. The lowest BCUT2D eigenvalue weighted by molar-refractivity contribution is 0.0989. The van der Waals surface area contributed by atoms with Crippen molar-refractivity contribution in [1.82, 2.24) is 9.97 Å². The average Bonchev–Trinajstić information content (AvgIpc) is 2.61. The fourth-order valence-corrected chi connectivity index (χ4v) is 3.10. The second-order valence-electron chi connectivity index (χ2n) is 4.67. The summed E-state index contributed by atoms with van der Waals surface area (Å²) in [4.78, 5) is 21.3. The number of benzene rings is 2. The fraction of sp³-hybridized carbons (Fsp3) is 0.0556. The van der Waals surface area contributed by atoms with E-state index < -0.39 is 0 Å². The predicted octanol–water partition coefficient (Wildman–Crippen LogP) is 4.19. The van der Waals surface area contributed by atoms with E-state index in [1.54, 1.807) is 18.5 Å². The standard InChI is InChI=1S/C18H14N2OS/c21-16(14-8-3-1-4-9-14)17(15-10-5-2-6-11-15)22-18-19-12-7-13-20-18/h1-13,17H. The smallest absolute Gasteiger partial charge is 0.188 e. The van der Waals surface area contributed by atoms with Crippen LogP contribution < -0.4 is 0 Å². The molecule has 0 fully saturated rings. The predicted molar refractivity (Wildman–Crippen MR) is 87.8 cm³/mol. The Morgan fingerprint density at radius 3 is 2.05 bits per heavy atom. The maximum Gasteiger partial charge on any atom is 0.188 e. The molecule has 22 heavy (non-hydrogen) atoms. The molecule has 2 aromatic carbocycles. The molecular formula is C18H14N2OS. The summed E-state index contributed by atoms with van der Waals surface area (Å²) in [6, 6.07) is 20.8. The number of aromatic nitrogens is 2. The van der Waals surface area contributed by atoms with E-state index in [2.05, 4.69) is 9.97 Å². The van der Waals surface area contributed by atoms with Crippen molar-refractivity contribution >= 4 is 17.5 Å². The van der Waals surface area contributed by atoms with Crippen LogP contribution in [0.5, 0.6) is 0 Å². The van der Waals surface area contributed by atoms with Crippen LogP contribution in [0.2, 0.25) is 0 Å². The lowest BCUT2D eigenvalue weighted by Gasteiger charge is -2.15. The van der Waals surface area contributed by atoms with Gasteiger partial charge in [-0.2, -0.15) is 0 Å². The van der Waals surface area contributed by atoms with Gasteiger partial charge < -0.3 is 0 Å². The van der Waals surface area contributed by atoms with Gasteiger partial charge in [0.05, 0.1) is 0 Å². The molecule has 3 rings (SSSR count). The van der Waals surface area contributed by atoms with Gasteiger partial charge >= 0.3 is 0 Å². The molecule has 0 aliphatic heterocycles. The zero-order valence-electron chi connectivity index (χ0n) is 11.8. The van der Waals surface area contributed by atoms with Crippen molar-refractivity contribution in [3.8, 4) is 0 Å². The van der Waals surface area contributed by atoms with Crippen molar-refractivity contribution in [3.63, 3.8) is 0 Å². The normalized spacial score (nSPS) is 11.8. The first-order valence-corrected chi connectivity index (χ1v) is 7.80. The number of Topliss-reactive ketones (excluding diaryl/α,β-unsaturated/α-hetero) is 1. The number of carbonyl (C=O) groups excluding carboxylic acids is 1. The molecule has 1 unspecified atom stereocenters. The van der Waals surface area contributed by atoms with Gasteiger partial charge in [0.25, 0.3) is 0 Å². The first-order chi connectivity index (χ1) is 10.8. The lowest BCUT2D eigenvalue weighted by atomic mass is 10.0. The monoisotopic (exact) mass is 306 g/mol. The minimum absolute atomic E-state index is 0.0595. The van der Waals surface area contributed by atoms with E-state index in [4.69, 9.17) is 0 Å². The third-order valence-electron chi connectivity index (χ3n) is 3.16. The zero-order chi connectivity index (χ0) is 15.2. The van der Waals surface area contributed by atoms with E-state index in [1.165, 1.54) is 11.8 Å².